The Morgan fingerprint density at radius 2 is 1.88 bits per heavy atom. The summed E-state index contributed by atoms with van der Waals surface area (Å²) in [5.41, 5.74) is 0.749. The highest BCUT2D eigenvalue weighted by Gasteiger charge is 2.35. The minimum atomic E-state index is -1.04. The molecule has 4 unspecified atom stereocenters. The van der Waals surface area contributed by atoms with E-state index in [1.807, 2.05) is 26.0 Å². The second kappa shape index (κ2) is 10.0. The fourth-order valence-corrected chi connectivity index (χ4v) is 4.24. The number of hydrogen-bond acceptors (Lipinski definition) is 7. The van der Waals surface area contributed by atoms with Gasteiger partial charge >= 0.3 is 6.16 Å². The molecule has 0 N–H and O–H groups in total. The van der Waals surface area contributed by atoms with E-state index in [1.165, 1.54) is 6.07 Å². The van der Waals surface area contributed by atoms with Gasteiger partial charge in [0, 0.05) is 19.2 Å². The average molecular weight is 449 g/mol. The van der Waals surface area contributed by atoms with E-state index in [0.29, 0.717) is 22.9 Å². The van der Waals surface area contributed by atoms with Crippen molar-refractivity contribution in [2.45, 2.75) is 30.7 Å². The SMILES string of the molecule is BC1CC(OC)C(COC(=O)OC(c2ccccc2)c2c([N+](=O)[O-])ccc3ccccc23)O1. The normalized spacial score (nSPS) is 20.9. The maximum atomic E-state index is 12.7. The lowest BCUT2D eigenvalue weighted by Gasteiger charge is -2.21. The Morgan fingerprint density at radius 1 is 1.15 bits per heavy atom. The topological polar surface area (TPSA) is 97.1 Å². The number of nitrogens with zero attached hydrogens (tertiary/aromatic N) is 1. The number of benzene rings is 3. The van der Waals surface area contributed by atoms with Crippen molar-refractivity contribution in [1.29, 1.82) is 0 Å². The van der Waals surface area contributed by atoms with Crippen LogP contribution >= 0.6 is 0 Å². The molecule has 0 saturated carbocycles. The molecular weight excluding hydrogens is 425 g/mol. The van der Waals surface area contributed by atoms with Gasteiger partial charge in [0.2, 0.25) is 0 Å². The van der Waals surface area contributed by atoms with Gasteiger partial charge in [0.25, 0.3) is 5.69 Å². The molecule has 1 aliphatic rings. The number of rotatable bonds is 7. The predicted octanol–water partition coefficient (Wildman–Crippen LogP) is 3.75. The third-order valence-electron chi connectivity index (χ3n) is 5.78. The molecule has 4 rings (SSSR count). The number of nitro groups is 1. The van der Waals surface area contributed by atoms with Gasteiger partial charge in [-0.3, -0.25) is 10.1 Å². The first-order valence-corrected chi connectivity index (χ1v) is 10.7. The van der Waals surface area contributed by atoms with Gasteiger partial charge in [-0.1, -0.05) is 54.6 Å². The number of carbonyl (C=O) groups is 1. The summed E-state index contributed by atoms with van der Waals surface area (Å²) in [4.78, 5) is 24.2. The van der Waals surface area contributed by atoms with Crippen LogP contribution in [0.2, 0.25) is 0 Å². The largest absolute Gasteiger partial charge is 0.509 e. The third kappa shape index (κ3) is 4.99. The van der Waals surface area contributed by atoms with Gasteiger partial charge < -0.3 is 18.9 Å². The smallest absolute Gasteiger partial charge is 0.431 e. The molecule has 0 bridgehead atoms. The molecule has 33 heavy (non-hydrogen) atoms. The van der Waals surface area contributed by atoms with E-state index in [-0.39, 0.29) is 24.4 Å². The van der Waals surface area contributed by atoms with Crippen molar-refractivity contribution < 1.29 is 28.7 Å². The molecule has 8 nitrogen and oxygen atoms in total. The lowest BCUT2D eigenvalue weighted by Crippen LogP contribution is -2.30. The maximum absolute atomic E-state index is 12.7. The third-order valence-corrected chi connectivity index (χ3v) is 5.78. The Hall–Kier alpha value is -3.43. The zero-order valence-corrected chi connectivity index (χ0v) is 18.4. The van der Waals surface area contributed by atoms with Crippen molar-refractivity contribution in [1.82, 2.24) is 0 Å². The lowest BCUT2D eigenvalue weighted by molar-refractivity contribution is -0.385. The summed E-state index contributed by atoms with van der Waals surface area (Å²) in [7, 11) is 3.51. The number of ether oxygens (including phenoxy) is 4. The van der Waals surface area contributed by atoms with E-state index in [9.17, 15) is 14.9 Å². The molecule has 1 aliphatic heterocycles. The van der Waals surface area contributed by atoms with Crippen LogP contribution in [0.4, 0.5) is 10.5 Å². The van der Waals surface area contributed by atoms with Crippen LogP contribution in [0.5, 0.6) is 0 Å². The molecule has 0 aromatic heterocycles. The van der Waals surface area contributed by atoms with E-state index in [2.05, 4.69) is 0 Å². The van der Waals surface area contributed by atoms with Gasteiger partial charge in [0.1, 0.15) is 20.6 Å². The molecule has 4 atom stereocenters. The Morgan fingerprint density at radius 3 is 2.61 bits per heavy atom. The molecule has 1 heterocycles. The van der Waals surface area contributed by atoms with Crippen molar-refractivity contribution in [3.05, 3.63) is 88.0 Å². The highest BCUT2D eigenvalue weighted by Crippen LogP contribution is 2.38. The Balaban J connectivity index is 1.66. The zero-order chi connectivity index (χ0) is 23.4. The van der Waals surface area contributed by atoms with Crippen LogP contribution in [-0.2, 0) is 18.9 Å². The summed E-state index contributed by atoms with van der Waals surface area (Å²) >= 11 is 0. The van der Waals surface area contributed by atoms with E-state index >= 15 is 0 Å². The number of hydrogen-bond donors (Lipinski definition) is 0. The Kier molecular flexibility index (Phi) is 6.91. The van der Waals surface area contributed by atoms with Crippen LogP contribution in [0, 0.1) is 10.1 Å². The second-order valence-corrected chi connectivity index (χ2v) is 7.94. The predicted molar refractivity (Wildman–Crippen MR) is 124 cm³/mol. The van der Waals surface area contributed by atoms with Gasteiger partial charge in [-0.2, -0.15) is 0 Å². The van der Waals surface area contributed by atoms with Crippen LogP contribution in [0.3, 0.4) is 0 Å². The maximum Gasteiger partial charge on any atom is 0.509 e. The fraction of sp³-hybridized carbons (Fsp3) is 0.292. The van der Waals surface area contributed by atoms with Crippen LogP contribution in [0.25, 0.3) is 10.8 Å². The van der Waals surface area contributed by atoms with Gasteiger partial charge in [0.15, 0.2) is 6.10 Å². The first-order chi connectivity index (χ1) is 16.0. The molecule has 3 aromatic carbocycles. The van der Waals surface area contributed by atoms with Crippen LogP contribution in [0.15, 0.2) is 66.7 Å². The standard InChI is InChI=1S/C24H24BNO7/c1-30-19-13-21(25)32-20(19)14-31-24(27)33-23(16-8-3-2-4-9-16)22-17-10-6-5-7-15(17)11-12-18(22)26(28)29/h2-12,19-21,23H,13-14,25H2,1H3. The minimum absolute atomic E-state index is 0.00466. The fourth-order valence-electron chi connectivity index (χ4n) is 4.24. The summed E-state index contributed by atoms with van der Waals surface area (Å²) in [6, 6.07) is 19.3. The van der Waals surface area contributed by atoms with E-state index in [0.717, 1.165) is 5.39 Å². The van der Waals surface area contributed by atoms with Crippen molar-refractivity contribution >= 4 is 30.5 Å². The summed E-state index contributed by atoms with van der Waals surface area (Å²) in [5.74, 6) is 0. The highest BCUT2D eigenvalue weighted by atomic mass is 16.7. The summed E-state index contributed by atoms with van der Waals surface area (Å²) in [5, 5.41) is 13.3. The second-order valence-electron chi connectivity index (χ2n) is 7.94. The van der Waals surface area contributed by atoms with Crippen LogP contribution in [-0.4, -0.2) is 50.9 Å². The first-order valence-electron chi connectivity index (χ1n) is 10.7. The molecule has 0 radical (unpaired) electrons. The van der Waals surface area contributed by atoms with Crippen molar-refractivity contribution in [3.8, 4) is 0 Å². The summed E-state index contributed by atoms with van der Waals surface area (Å²) in [6.07, 6.45) is -1.86. The van der Waals surface area contributed by atoms with Crippen LogP contribution < -0.4 is 0 Å². The quantitative estimate of drug-likeness (QED) is 0.235. The number of fused-ring (bicyclic) bond motifs is 1. The van der Waals surface area contributed by atoms with Crippen molar-refractivity contribution in [3.63, 3.8) is 0 Å². The van der Waals surface area contributed by atoms with E-state index in [1.54, 1.807) is 49.6 Å². The van der Waals surface area contributed by atoms with Gasteiger partial charge in [-0.25, -0.2) is 4.79 Å². The molecule has 0 spiro atoms. The summed E-state index contributed by atoms with van der Waals surface area (Å²) in [6.45, 7) is -0.0409. The Labute approximate surface area is 192 Å². The zero-order valence-electron chi connectivity index (χ0n) is 18.4. The first kappa shape index (κ1) is 22.8. The van der Waals surface area contributed by atoms with E-state index in [4.69, 9.17) is 18.9 Å². The molecule has 170 valence electrons. The van der Waals surface area contributed by atoms with Crippen LogP contribution in [0.1, 0.15) is 23.7 Å². The average Bonchev–Trinajstić information content (AvgIpc) is 3.20. The highest BCUT2D eigenvalue weighted by molar-refractivity contribution is 6.11. The van der Waals surface area contributed by atoms with Gasteiger partial charge in [-0.05, 0) is 28.8 Å². The monoisotopic (exact) mass is 449 g/mol. The molecular formula is C24H24BNO7. The van der Waals surface area contributed by atoms with E-state index < -0.39 is 23.3 Å². The molecule has 9 heteroatoms. The van der Waals surface area contributed by atoms with Crippen molar-refractivity contribution in [2.24, 2.45) is 0 Å². The van der Waals surface area contributed by atoms with Crippen molar-refractivity contribution in [2.75, 3.05) is 13.7 Å². The van der Waals surface area contributed by atoms with Gasteiger partial charge in [-0.15, -0.1) is 0 Å². The number of carbonyl (C=O) groups excluding carboxylic acids is 1. The Bertz CT molecular complexity index is 1140. The molecule has 0 amide bonds. The molecule has 0 aliphatic carbocycles. The number of methoxy groups -OCH3 is 1. The molecule has 1 fully saturated rings. The summed E-state index contributed by atoms with van der Waals surface area (Å²) < 4.78 is 22.2. The molecule has 3 aromatic rings. The minimum Gasteiger partial charge on any atom is -0.431 e. The number of nitro benzene ring substituents is 1. The van der Waals surface area contributed by atoms with Gasteiger partial charge in [0.05, 0.1) is 16.6 Å². The lowest BCUT2D eigenvalue weighted by atomic mass is 9.94. The molecule has 1 saturated heterocycles.